The molecule has 11 atom stereocenters. The van der Waals surface area contributed by atoms with Crippen LogP contribution in [-0.2, 0) is 23.8 Å². The molecule has 7 heteroatoms. The molecule has 0 aromatic rings. The smallest absolute Gasteiger partial charge is 0.315 e. The molecular weight excluding hydrogens is 484 g/mol. The number of aliphatic hydroxyl groups is 1. The summed E-state index contributed by atoms with van der Waals surface area (Å²) in [4.78, 5) is 26.7. The summed E-state index contributed by atoms with van der Waals surface area (Å²) in [5.41, 5.74) is -0.816. The number of aliphatic hydroxyl groups excluding tert-OH is 1. The van der Waals surface area contributed by atoms with E-state index in [0.717, 1.165) is 36.7 Å². The van der Waals surface area contributed by atoms with Gasteiger partial charge in [-0.15, -0.1) is 0 Å². The highest BCUT2D eigenvalue weighted by molar-refractivity contribution is 5.90. The molecule has 4 bridgehead atoms. The van der Waals surface area contributed by atoms with Gasteiger partial charge in [-0.05, 0) is 69.6 Å². The first-order chi connectivity index (χ1) is 17.9. The third-order valence-corrected chi connectivity index (χ3v) is 11.1. The summed E-state index contributed by atoms with van der Waals surface area (Å²) >= 11 is 0. The van der Waals surface area contributed by atoms with Gasteiger partial charge in [0.2, 0.25) is 0 Å². The Labute approximate surface area is 227 Å². The van der Waals surface area contributed by atoms with Crippen LogP contribution in [0, 0.1) is 45.8 Å². The van der Waals surface area contributed by atoms with Gasteiger partial charge in [0.15, 0.2) is 6.29 Å². The number of hydrogen-bond donors (Lipinski definition) is 2. The topological polar surface area (TPSA) is 102 Å². The second-order valence-corrected chi connectivity index (χ2v) is 13.5. The van der Waals surface area contributed by atoms with Crippen LogP contribution in [0.3, 0.4) is 0 Å². The predicted octanol–water partition coefficient (Wildman–Crippen LogP) is 4.77. The zero-order valence-corrected chi connectivity index (χ0v) is 23.8. The third kappa shape index (κ3) is 3.68. The van der Waals surface area contributed by atoms with E-state index in [2.05, 4.69) is 13.0 Å². The molecule has 0 aromatic heterocycles. The van der Waals surface area contributed by atoms with E-state index in [9.17, 15) is 19.8 Å². The highest BCUT2D eigenvalue weighted by atomic mass is 16.7. The van der Waals surface area contributed by atoms with Crippen molar-refractivity contribution in [2.24, 2.45) is 45.8 Å². The largest absolute Gasteiger partial charge is 0.481 e. The Morgan fingerprint density at radius 1 is 1.21 bits per heavy atom. The Balaban J connectivity index is 1.44. The Hall–Kier alpha value is -1.54. The van der Waals surface area contributed by atoms with Crippen LogP contribution >= 0.6 is 0 Å². The highest BCUT2D eigenvalue weighted by Gasteiger charge is 2.84. The van der Waals surface area contributed by atoms with E-state index in [1.807, 2.05) is 40.7 Å². The maximum absolute atomic E-state index is 13.5. The van der Waals surface area contributed by atoms with E-state index in [1.165, 1.54) is 0 Å². The van der Waals surface area contributed by atoms with Crippen LogP contribution in [0.1, 0.15) is 73.6 Å². The summed E-state index contributed by atoms with van der Waals surface area (Å²) < 4.78 is 18.5. The molecule has 1 aliphatic heterocycles. The third-order valence-electron chi connectivity index (χ3n) is 11.1. The standard InChI is InChI=1S/C31H46O7/c1-17(2)9-10-36-27-20(6)38-26(12-25(27)33)37-16-30-14-22-19(5)7-8-23(22)29(15-32)13-21(30)11-24(18(3)4)31(29,30)28(34)35/h9,11,15,18-23,25-27,33H,7-8,10,12-14,16H2,1-6H3,(H,34,35)/t19?,20-,21?,22?,23?,25+,26-,27-,29?,30?,31?/m1/s1. The fraction of sp³-hybridized carbons (Fsp3) is 0.806. The summed E-state index contributed by atoms with van der Waals surface area (Å²) in [5, 5.41) is 22.0. The molecule has 4 fully saturated rings. The first-order valence-corrected chi connectivity index (χ1v) is 14.6. The number of carboxylic acids is 1. The summed E-state index contributed by atoms with van der Waals surface area (Å²) in [5.74, 6) is -0.0146. The van der Waals surface area contributed by atoms with E-state index >= 15 is 0 Å². The Kier molecular flexibility index (Phi) is 7.24. The average Bonchev–Trinajstić information content (AvgIpc) is 3.41. The molecule has 5 aliphatic rings. The zero-order chi connectivity index (χ0) is 27.6. The molecule has 212 valence electrons. The molecule has 7 unspecified atom stereocenters. The van der Waals surface area contributed by atoms with Crippen LogP contribution in [0.5, 0.6) is 0 Å². The van der Waals surface area contributed by atoms with Crippen molar-refractivity contribution in [1.29, 1.82) is 0 Å². The number of carbonyl (C=O) groups excluding carboxylic acids is 1. The second kappa shape index (κ2) is 9.83. The molecule has 1 heterocycles. The number of fused-ring (bicyclic) bond motifs is 2. The van der Waals surface area contributed by atoms with Crippen LogP contribution in [0.15, 0.2) is 23.3 Å². The number of ether oxygens (including phenoxy) is 3. The number of allylic oxidation sites excluding steroid dienone is 2. The van der Waals surface area contributed by atoms with Gasteiger partial charge in [0.05, 0.1) is 30.8 Å². The maximum atomic E-state index is 13.5. The van der Waals surface area contributed by atoms with Gasteiger partial charge in [-0.25, -0.2) is 0 Å². The van der Waals surface area contributed by atoms with Crippen molar-refractivity contribution in [3.63, 3.8) is 0 Å². The number of aldehydes is 1. The molecule has 0 spiro atoms. The van der Waals surface area contributed by atoms with E-state index in [4.69, 9.17) is 14.2 Å². The second-order valence-electron chi connectivity index (χ2n) is 13.5. The Morgan fingerprint density at radius 3 is 2.55 bits per heavy atom. The lowest BCUT2D eigenvalue weighted by molar-refractivity contribution is -0.268. The van der Waals surface area contributed by atoms with Crippen molar-refractivity contribution in [3.05, 3.63) is 23.3 Å². The van der Waals surface area contributed by atoms with Crippen LogP contribution in [0.4, 0.5) is 0 Å². The summed E-state index contributed by atoms with van der Waals surface area (Å²) in [6, 6.07) is 0. The molecule has 0 aromatic carbocycles. The molecule has 0 radical (unpaired) electrons. The summed E-state index contributed by atoms with van der Waals surface area (Å²) in [7, 11) is 0. The van der Waals surface area contributed by atoms with Crippen LogP contribution < -0.4 is 0 Å². The normalized spacial score (nSPS) is 47.1. The Morgan fingerprint density at radius 2 is 1.95 bits per heavy atom. The van der Waals surface area contributed by atoms with E-state index in [0.29, 0.717) is 24.9 Å². The molecule has 38 heavy (non-hydrogen) atoms. The monoisotopic (exact) mass is 530 g/mol. The SMILES string of the molecule is CC(C)=CCO[C@H]1[C@@H](O)C[C@H](OCC23CC4C(C)CCC4C4(C=O)CC2C=C(C(C)C)C43C(=O)O)O[C@@H]1C. The summed E-state index contributed by atoms with van der Waals surface area (Å²) in [6.45, 7) is 12.8. The molecule has 0 amide bonds. The molecule has 3 saturated carbocycles. The lowest BCUT2D eigenvalue weighted by Crippen LogP contribution is -2.63. The number of carboxylic acid groups (broad SMARTS) is 1. The lowest BCUT2D eigenvalue weighted by Gasteiger charge is -2.58. The van der Waals surface area contributed by atoms with Gasteiger partial charge >= 0.3 is 5.97 Å². The number of aliphatic carboxylic acids is 1. The van der Waals surface area contributed by atoms with Gasteiger partial charge in [-0.1, -0.05) is 50.5 Å². The maximum Gasteiger partial charge on any atom is 0.315 e. The Bertz CT molecular complexity index is 1000. The molecule has 1 saturated heterocycles. The van der Waals surface area contributed by atoms with Crippen molar-refractivity contribution in [2.45, 2.75) is 98.2 Å². The predicted molar refractivity (Wildman–Crippen MR) is 142 cm³/mol. The van der Waals surface area contributed by atoms with Crippen molar-refractivity contribution in [2.75, 3.05) is 13.2 Å². The van der Waals surface area contributed by atoms with Gasteiger partial charge in [0.1, 0.15) is 17.8 Å². The van der Waals surface area contributed by atoms with Crippen LogP contribution in [0.2, 0.25) is 0 Å². The quantitative estimate of drug-likeness (QED) is 0.327. The minimum Gasteiger partial charge on any atom is -0.481 e. The van der Waals surface area contributed by atoms with Gasteiger partial charge in [-0.2, -0.15) is 0 Å². The highest BCUT2D eigenvalue weighted by Crippen LogP contribution is 2.82. The van der Waals surface area contributed by atoms with Crippen LogP contribution in [-0.4, -0.2) is 60.3 Å². The molecule has 2 N–H and O–H groups in total. The van der Waals surface area contributed by atoms with Crippen molar-refractivity contribution < 1.29 is 34.0 Å². The van der Waals surface area contributed by atoms with E-state index in [1.54, 1.807) is 0 Å². The van der Waals surface area contributed by atoms with Gasteiger partial charge in [0, 0.05) is 11.8 Å². The van der Waals surface area contributed by atoms with Crippen molar-refractivity contribution in [1.82, 2.24) is 0 Å². The van der Waals surface area contributed by atoms with Crippen molar-refractivity contribution in [3.8, 4) is 0 Å². The fourth-order valence-electron chi connectivity index (χ4n) is 9.57. The van der Waals surface area contributed by atoms with Gasteiger partial charge < -0.3 is 29.2 Å². The molecule has 5 rings (SSSR count). The van der Waals surface area contributed by atoms with Crippen LogP contribution in [0.25, 0.3) is 0 Å². The minimum absolute atomic E-state index is 0.0231. The summed E-state index contributed by atoms with van der Waals surface area (Å²) in [6.07, 6.45) is 6.51. The van der Waals surface area contributed by atoms with E-state index in [-0.39, 0.29) is 36.9 Å². The fourth-order valence-corrected chi connectivity index (χ4v) is 9.57. The van der Waals surface area contributed by atoms with E-state index < -0.39 is 40.7 Å². The number of rotatable bonds is 9. The first kappa shape index (κ1) is 28.0. The molecule has 7 nitrogen and oxygen atoms in total. The van der Waals surface area contributed by atoms with Crippen molar-refractivity contribution >= 4 is 12.3 Å². The molecular formula is C31H46O7. The average molecular weight is 531 g/mol. The molecule has 4 aliphatic carbocycles. The number of carbonyl (C=O) groups is 2. The lowest BCUT2D eigenvalue weighted by atomic mass is 9.43. The minimum atomic E-state index is -1.26. The van der Waals surface area contributed by atoms with Gasteiger partial charge in [0.25, 0.3) is 0 Å². The van der Waals surface area contributed by atoms with Gasteiger partial charge in [-0.3, -0.25) is 4.79 Å². The number of hydrogen-bond acceptors (Lipinski definition) is 6. The first-order valence-electron chi connectivity index (χ1n) is 14.6. The zero-order valence-electron chi connectivity index (χ0n) is 23.8.